The molecule has 1 aliphatic heterocycles. The smallest absolute Gasteiger partial charge is 0.264 e. The van der Waals surface area contributed by atoms with Gasteiger partial charge in [0.2, 0.25) is 5.91 Å². The molecule has 3 aromatic rings. The van der Waals surface area contributed by atoms with E-state index in [1.807, 2.05) is 30.3 Å². The summed E-state index contributed by atoms with van der Waals surface area (Å²) in [7, 11) is 0. The molecule has 4 rings (SSSR count). The summed E-state index contributed by atoms with van der Waals surface area (Å²) in [6.07, 6.45) is 2.86. The molecule has 0 bridgehead atoms. The van der Waals surface area contributed by atoms with Crippen LogP contribution >= 0.6 is 0 Å². The maximum Gasteiger partial charge on any atom is 0.264 e. The SMILES string of the molecule is Cc1c(C(=O)N[C@@H](CN2CCCC2=O)c2ccccc2)cnn1-c1ccc(=O)[nH]n1. The quantitative estimate of drug-likeness (QED) is 0.642. The number of aromatic nitrogens is 4. The number of carbonyl (C=O) groups excluding carboxylic acids is 2. The number of hydrogen-bond acceptors (Lipinski definition) is 5. The van der Waals surface area contributed by atoms with Gasteiger partial charge in [-0.2, -0.15) is 10.2 Å². The molecule has 30 heavy (non-hydrogen) atoms. The fraction of sp³-hybridized carbons (Fsp3) is 0.286. The lowest BCUT2D eigenvalue weighted by molar-refractivity contribution is -0.128. The Hall–Kier alpha value is -3.75. The molecular formula is C21H22N6O3. The van der Waals surface area contributed by atoms with Crippen molar-refractivity contribution in [2.24, 2.45) is 0 Å². The van der Waals surface area contributed by atoms with Crippen molar-refractivity contribution in [1.82, 2.24) is 30.2 Å². The lowest BCUT2D eigenvalue weighted by Crippen LogP contribution is -2.38. The minimum Gasteiger partial charge on any atom is -0.343 e. The van der Waals surface area contributed by atoms with Crippen molar-refractivity contribution in [1.29, 1.82) is 0 Å². The molecule has 154 valence electrons. The number of carbonyl (C=O) groups is 2. The first-order valence-electron chi connectivity index (χ1n) is 9.77. The van der Waals surface area contributed by atoms with Gasteiger partial charge in [-0.15, -0.1) is 0 Å². The van der Waals surface area contributed by atoms with Crippen LogP contribution in [0.4, 0.5) is 0 Å². The number of likely N-dealkylation sites (tertiary alicyclic amines) is 1. The number of amides is 2. The number of H-pyrrole nitrogens is 1. The molecule has 1 aromatic carbocycles. The van der Waals surface area contributed by atoms with E-state index in [0.717, 1.165) is 12.0 Å². The maximum atomic E-state index is 13.1. The van der Waals surface area contributed by atoms with Crippen LogP contribution < -0.4 is 10.9 Å². The number of nitrogens with zero attached hydrogens (tertiary/aromatic N) is 4. The van der Waals surface area contributed by atoms with Gasteiger partial charge in [0.05, 0.1) is 23.5 Å². The summed E-state index contributed by atoms with van der Waals surface area (Å²) in [6.45, 7) is 2.88. The lowest BCUT2D eigenvalue weighted by atomic mass is 10.1. The highest BCUT2D eigenvalue weighted by Crippen LogP contribution is 2.20. The minimum atomic E-state index is -0.338. The largest absolute Gasteiger partial charge is 0.343 e. The first-order valence-corrected chi connectivity index (χ1v) is 9.77. The average Bonchev–Trinajstić information content (AvgIpc) is 3.34. The molecule has 0 radical (unpaired) electrons. The van der Waals surface area contributed by atoms with E-state index >= 15 is 0 Å². The van der Waals surface area contributed by atoms with Crippen LogP contribution in [0.1, 0.15) is 40.5 Å². The molecule has 1 aliphatic rings. The molecule has 0 spiro atoms. The van der Waals surface area contributed by atoms with Crippen molar-refractivity contribution in [2.45, 2.75) is 25.8 Å². The van der Waals surface area contributed by atoms with Crippen LogP contribution in [0.15, 0.2) is 53.5 Å². The molecule has 2 N–H and O–H groups in total. The van der Waals surface area contributed by atoms with Crippen molar-refractivity contribution in [3.8, 4) is 5.82 Å². The fourth-order valence-electron chi connectivity index (χ4n) is 3.59. The number of rotatable bonds is 6. The van der Waals surface area contributed by atoms with Crippen LogP contribution in [-0.2, 0) is 4.79 Å². The molecule has 0 aliphatic carbocycles. The van der Waals surface area contributed by atoms with Crippen LogP contribution in [0.5, 0.6) is 0 Å². The van der Waals surface area contributed by atoms with Gasteiger partial charge in [-0.05, 0) is 25.0 Å². The van der Waals surface area contributed by atoms with Crippen molar-refractivity contribution < 1.29 is 9.59 Å². The topological polar surface area (TPSA) is 113 Å². The van der Waals surface area contributed by atoms with Gasteiger partial charge in [-0.3, -0.25) is 14.4 Å². The van der Waals surface area contributed by atoms with E-state index in [0.29, 0.717) is 36.6 Å². The third kappa shape index (κ3) is 4.00. The first kappa shape index (κ1) is 19.6. The molecular weight excluding hydrogens is 384 g/mol. The Morgan fingerprint density at radius 3 is 2.67 bits per heavy atom. The lowest BCUT2D eigenvalue weighted by Gasteiger charge is -2.25. The monoisotopic (exact) mass is 406 g/mol. The van der Waals surface area contributed by atoms with Gasteiger partial charge in [0, 0.05) is 25.6 Å². The van der Waals surface area contributed by atoms with Crippen LogP contribution in [-0.4, -0.2) is 49.8 Å². The summed E-state index contributed by atoms with van der Waals surface area (Å²) < 4.78 is 1.49. The van der Waals surface area contributed by atoms with Gasteiger partial charge in [-0.1, -0.05) is 30.3 Å². The minimum absolute atomic E-state index is 0.110. The summed E-state index contributed by atoms with van der Waals surface area (Å²) in [5, 5.41) is 13.6. The van der Waals surface area contributed by atoms with E-state index < -0.39 is 0 Å². The Bertz CT molecular complexity index is 1100. The Morgan fingerprint density at radius 1 is 1.20 bits per heavy atom. The van der Waals surface area contributed by atoms with E-state index in [1.54, 1.807) is 11.8 Å². The van der Waals surface area contributed by atoms with E-state index in [9.17, 15) is 14.4 Å². The molecule has 9 heteroatoms. The van der Waals surface area contributed by atoms with Gasteiger partial charge >= 0.3 is 0 Å². The molecule has 2 amide bonds. The zero-order chi connectivity index (χ0) is 21.1. The third-order valence-corrected chi connectivity index (χ3v) is 5.22. The molecule has 1 fully saturated rings. The predicted octanol–water partition coefficient (Wildman–Crippen LogP) is 1.36. The van der Waals surface area contributed by atoms with Crippen LogP contribution in [0.3, 0.4) is 0 Å². The second-order valence-corrected chi connectivity index (χ2v) is 7.21. The molecule has 2 aromatic heterocycles. The summed E-state index contributed by atoms with van der Waals surface area (Å²) in [5.74, 6) is 0.232. The summed E-state index contributed by atoms with van der Waals surface area (Å²) in [6, 6.07) is 12.1. The highest BCUT2D eigenvalue weighted by atomic mass is 16.2. The van der Waals surface area contributed by atoms with Crippen LogP contribution in [0.2, 0.25) is 0 Å². The maximum absolute atomic E-state index is 13.1. The summed E-state index contributed by atoms with van der Waals surface area (Å²) in [5.41, 5.74) is 1.61. The van der Waals surface area contributed by atoms with Crippen LogP contribution in [0, 0.1) is 6.92 Å². The van der Waals surface area contributed by atoms with Gasteiger partial charge in [0.1, 0.15) is 0 Å². The summed E-state index contributed by atoms with van der Waals surface area (Å²) >= 11 is 0. The molecule has 0 saturated carbocycles. The van der Waals surface area contributed by atoms with E-state index in [-0.39, 0.29) is 23.4 Å². The number of aromatic amines is 1. The molecule has 0 unspecified atom stereocenters. The Labute approximate surface area is 172 Å². The molecule has 1 saturated heterocycles. The van der Waals surface area contributed by atoms with Crippen molar-refractivity contribution in [3.05, 3.63) is 75.8 Å². The molecule has 9 nitrogen and oxygen atoms in total. The number of nitrogens with one attached hydrogen (secondary N) is 2. The van der Waals surface area contributed by atoms with Crippen molar-refractivity contribution in [2.75, 3.05) is 13.1 Å². The van der Waals surface area contributed by atoms with Gasteiger partial charge < -0.3 is 10.2 Å². The average molecular weight is 406 g/mol. The summed E-state index contributed by atoms with van der Waals surface area (Å²) in [4.78, 5) is 38.2. The van der Waals surface area contributed by atoms with E-state index in [1.165, 1.54) is 23.0 Å². The van der Waals surface area contributed by atoms with Gasteiger partial charge in [0.15, 0.2) is 5.82 Å². The van der Waals surface area contributed by atoms with Gasteiger partial charge in [0.25, 0.3) is 11.5 Å². The Kier molecular flexibility index (Phi) is 5.42. The zero-order valence-electron chi connectivity index (χ0n) is 16.5. The zero-order valence-corrected chi connectivity index (χ0v) is 16.5. The second-order valence-electron chi connectivity index (χ2n) is 7.21. The molecule has 1 atom stereocenters. The highest BCUT2D eigenvalue weighted by Gasteiger charge is 2.26. The molecule has 3 heterocycles. The van der Waals surface area contributed by atoms with E-state index in [2.05, 4.69) is 20.6 Å². The Balaban J connectivity index is 1.57. The van der Waals surface area contributed by atoms with Crippen LogP contribution in [0.25, 0.3) is 5.82 Å². The standard InChI is InChI=1S/C21H22N6O3/c1-14-16(12-22-27(14)18-9-10-19(28)25-24-18)21(30)23-17(15-6-3-2-4-7-15)13-26-11-5-8-20(26)29/h2-4,6-7,9-10,12,17H,5,8,11,13H2,1H3,(H,23,30)(H,25,28)/t17-/m0/s1. The van der Waals surface area contributed by atoms with Gasteiger partial charge in [-0.25, -0.2) is 9.78 Å². The highest BCUT2D eigenvalue weighted by molar-refractivity contribution is 5.95. The normalized spacial score (nSPS) is 14.7. The van der Waals surface area contributed by atoms with E-state index in [4.69, 9.17) is 0 Å². The third-order valence-electron chi connectivity index (χ3n) is 5.22. The number of hydrogen-bond donors (Lipinski definition) is 2. The van der Waals surface area contributed by atoms with Crippen molar-refractivity contribution >= 4 is 11.8 Å². The second kappa shape index (κ2) is 8.32. The Morgan fingerprint density at radius 2 is 2.00 bits per heavy atom. The number of benzene rings is 1. The fourth-order valence-corrected chi connectivity index (χ4v) is 3.59. The first-order chi connectivity index (χ1) is 14.5. The predicted molar refractivity (Wildman–Crippen MR) is 109 cm³/mol. The van der Waals surface area contributed by atoms with Crippen molar-refractivity contribution in [3.63, 3.8) is 0 Å².